The van der Waals surface area contributed by atoms with Gasteiger partial charge in [0.2, 0.25) is 0 Å². The highest BCUT2D eigenvalue weighted by Gasteiger charge is 2.70. The number of methoxy groups -OCH3 is 2. The van der Waals surface area contributed by atoms with Crippen LogP contribution >= 0.6 is 0 Å². The van der Waals surface area contributed by atoms with E-state index >= 15 is 0 Å². The Morgan fingerprint density at radius 1 is 0.561 bits per heavy atom. The number of hydrogen-bond acceptors (Lipinski definition) is 4. The van der Waals surface area contributed by atoms with Crippen LogP contribution in [0.3, 0.4) is 0 Å². The number of ether oxygens (including phenoxy) is 2. The zero-order chi connectivity index (χ0) is 39.7. The molecule has 3 aliphatic carbocycles. The summed E-state index contributed by atoms with van der Waals surface area (Å²) < 4.78 is 11.8. The van der Waals surface area contributed by atoms with Crippen LogP contribution in [0.15, 0.2) is 48.5 Å². The molecule has 5 aliphatic rings. The van der Waals surface area contributed by atoms with Gasteiger partial charge in [-0.3, -0.25) is 0 Å². The summed E-state index contributed by atoms with van der Waals surface area (Å²) in [7, 11) is 3.60. The Hall–Kier alpha value is -5.36. The lowest BCUT2D eigenvalue weighted by atomic mass is 9.66. The topological polar surface area (TPSA) is 75.8 Å². The maximum Gasteiger partial charge on any atom is 0.122 e. The van der Waals surface area contributed by atoms with Gasteiger partial charge in [0.15, 0.2) is 0 Å². The third-order valence-corrected chi connectivity index (χ3v) is 15.0. The number of rotatable bonds is 5. The molecule has 1 fully saturated rings. The first-order valence-corrected chi connectivity index (χ1v) is 20.9. The van der Waals surface area contributed by atoms with Crippen LogP contribution in [0.1, 0.15) is 115 Å². The van der Waals surface area contributed by atoms with Crippen LogP contribution < -0.4 is 9.47 Å². The number of nitrogens with one attached hydrogen (secondary N) is 2. The van der Waals surface area contributed by atoms with Crippen LogP contribution in [0, 0.1) is 24.7 Å². The molecular weight excluding hydrogens is 701 g/mol. The van der Waals surface area contributed by atoms with Crippen molar-refractivity contribution in [2.75, 3.05) is 14.2 Å². The molecule has 3 aromatic heterocycles. The highest BCUT2D eigenvalue weighted by molar-refractivity contribution is 6.01. The average molecular weight is 755 g/mol. The van der Waals surface area contributed by atoms with Crippen molar-refractivity contribution in [3.8, 4) is 22.6 Å². The fraction of sp³-hybridized carbons (Fsp3) is 0.373. The highest BCUT2D eigenvalue weighted by Crippen LogP contribution is 2.75. The molecule has 6 heteroatoms. The number of aryl methyl sites for hydroxylation is 4. The van der Waals surface area contributed by atoms with Gasteiger partial charge in [0.1, 0.15) is 11.5 Å². The van der Waals surface area contributed by atoms with Crippen LogP contribution in [0.25, 0.3) is 55.5 Å². The predicted octanol–water partition coefficient (Wildman–Crippen LogP) is 11.9. The fourth-order valence-electron chi connectivity index (χ4n) is 11.4. The van der Waals surface area contributed by atoms with Gasteiger partial charge in [-0.1, -0.05) is 32.0 Å². The van der Waals surface area contributed by atoms with Gasteiger partial charge in [-0.25, -0.2) is 9.97 Å². The molecule has 1 saturated carbocycles. The zero-order valence-corrected chi connectivity index (χ0v) is 35.3. The van der Waals surface area contributed by atoms with Gasteiger partial charge in [0.05, 0.1) is 37.0 Å². The summed E-state index contributed by atoms with van der Waals surface area (Å²) in [5.74, 6) is 2.00. The van der Waals surface area contributed by atoms with Gasteiger partial charge >= 0.3 is 0 Å². The van der Waals surface area contributed by atoms with Crippen molar-refractivity contribution >= 4 is 44.4 Å². The van der Waals surface area contributed by atoms with E-state index in [0.717, 1.165) is 100 Å². The third-order valence-electron chi connectivity index (χ3n) is 15.0. The zero-order valence-electron chi connectivity index (χ0n) is 35.3. The quantitative estimate of drug-likeness (QED) is 0.187. The number of fused-ring (bicyclic) bond motifs is 10. The smallest absolute Gasteiger partial charge is 0.122 e. The maximum absolute atomic E-state index is 5.94. The Balaban J connectivity index is 1.21. The van der Waals surface area contributed by atoms with Crippen molar-refractivity contribution in [2.45, 2.75) is 100 Å². The molecule has 0 unspecified atom stereocenters. The van der Waals surface area contributed by atoms with Gasteiger partial charge in [-0.05, 0) is 189 Å². The highest BCUT2D eigenvalue weighted by atomic mass is 16.5. The first-order chi connectivity index (χ1) is 27.4. The molecule has 2 atom stereocenters. The van der Waals surface area contributed by atoms with Crippen molar-refractivity contribution in [2.24, 2.45) is 10.8 Å². The van der Waals surface area contributed by atoms with Gasteiger partial charge in [0.25, 0.3) is 0 Å². The van der Waals surface area contributed by atoms with Crippen LogP contribution in [-0.4, -0.2) is 34.2 Å². The van der Waals surface area contributed by atoms with E-state index in [4.69, 9.17) is 19.4 Å². The molecule has 2 aromatic carbocycles. The summed E-state index contributed by atoms with van der Waals surface area (Å²) in [5, 5.41) is 0. The Bertz CT molecular complexity index is 2730. The van der Waals surface area contributed by atoms with Gasteiger partial charge < -0.3 is 19.4 Å². The number of H-pyrrole nitrogens is 2. The molecule has 6 nitrogen and oxygen atoms in total. The summed E-state index contributed by atoms with van der Waals surface area (Å²) >= 11 is 0. The fourth-order valence-corrected chi connectivity index (χ4v) is 11.4. The number of aromatic nitrogens is 4. The number of benzene rings is 2. The largest absolute Gasteiger partial charge is 0.496 e. The number of nitrogens with zero attached hydrogens (tertiary/aromatic N) is 2. The van der Waals surface area contributed by atoms with Crippen molar-refractivity contribution in [3.63, 3.8) is 0 Å². The van der Waals surface area contributed by atoms with E-state index in [1.165, 1.54) is 78.8 Å². The van der Waals surface area contributed by atoms with E-state index in [-0.39, 0.29) is 10.8 Å². The predicted molar refractivity (Wildman–Crippen MR) is 235 cm³/mol. The SMILES string of the molecule is CCc1c(C)c2cc3nc(c(-c4ccc5c(c4)C[C@]46Cc7c(OC)ccc(OC)c7C[C@@]4(C5)C6)c4nc(cc5[nH]c(cc1[nH]2)c(CC)c5C)C(C)=C4C)C(C)=C3C. The Labute approximate surface area is 336 Å². The van der Waals surface area contributed by atoms with E-state index in [1.807, 2.05) is 0 Å². The van der Waals surface area contributed by atoms with Gasteiger partial charge in [-0.15, -0.1) is 0 Å². The summed E-state index contributed by atoms with van der Waals surface area (Å²) in [6.45, 7) is 17.9. The van der Waals surface area contributed by atoms with Gasteiger partial charge in [-0.2, -0.15) is 0 Å². The average Bonchev–Trinajstić information content (AvgIpc) is 3.27. The molecule has 0 amide bonds. The van der Waals surface area contributed by atoms with Crippen molar-refractivity contribution in [1.82, 2.24) is 19.9 Å². The second-order valence-corrected chi connectivity index (χ2v) is 17.7. The monoisotopic (exact) mass is 754 g/mol. The van der Waals surface area contributed by atoms with Crippen LogP contribution in [0.4, 0.5) is 0 Å². The Kier molecular flexibility index (Phi) is 7.94. The number of aromatic amines is 2. The molecule has 0 saturated heterocycles. The molecule has 2 aliphatic heterocycles. The van der Waals surface area contributed by atoms with Crippen molar-refractivity contribution < 1.29 is 9.47 Å². The Morgan fingerprint density at radius 3 is 1.53 bits per heavy atom. The summed E-state index contributed by atoms with van der Waals surface area (Å²) in [4.78, 5) is 18.7. The van der Waals surface area contributed by atoms with E-state index in [1.54, 1.807) is 14.2 Å². The summed E-state index contributed by atoms with van der Waals surface area (Å²) in [6.07, 6.45) is 7.39. The molecule has 5 aromatic rings. The molecule has 290 valence electrons. The third kappa shape index (κ3) is 5.08. The second kappa shape index (κ2) is 12.6. The molecule has 2 N–H and O–H groups in total. The summed E-state index contributed by atoms with van der Waals surface area (Å²) in [6, 6.07) is 18.3. The van der Waals surface area contributed by atoms with E-state index in [0.29, 0.717) is 0 Å². The molecular formula is C51H54N4O2. The summed E-state index contributed by atoms with van der Waals surface area (Å²) in [5.41, 5.74) is 27.2. The normalized spacial score (nSPS) is 20.6. The standard InChI is InChI=1S/C51H54N4O2/c1-11-35-30(7)41-18-39-26(3)28(5)48(54-39)47(49-29(6)27(4)40(55-49)19-42-31(8)36(12-2)44(53-42)20-43(35)52-41)32-13-14-33-21-50-23-37-38(46(57-10)16-15-45(37)56-9)24-51(50,25-50)22-34(33)17-32/h13-20,52-53H,11-12,21-25H2,1-10H3/t50-,51+/m0/s1. The van der Waals surface area contributed by atoms with Crippen LogP contribution in [0.5, 0.6) is 11.5 Å². The molecule has 10 rings (SSSR count). The molecule has 0 spiro atoms. The molecule has 57 heavy (non-hydrogen) atoms. The number of hydrogen-bond donors (Lipinski definition) is 2. The van der Waals surface area contributed by atoms with E-state index < -0.39 is 0 Å². The minimum absolute atomic E-state index is 0.239. The van der Waals surface area contributed by atoms with Crippen molar-refractivity contribution in [3.05, 3.63) is 116 Å². The first-order valence-electron chi connectivity index (χ1n) is 20.9. The minimum Gasteiger partial charge on any atom is -0.496 e. The maximum atomic E-state index is 5.94. The van der Waals surface area contributed by atoms with Crippen molar-refractivity contribution in [1.29, 1.82) is 0 Å². The lowest BCUT2D eigenvalue weighted by Gasteiger charge is -2.38. The lowest BCUT2D eigenvalue weighted by molar-refractivity contribution is 0.274. The lowest BCUT2D eigenvalue weighted by Crippen LogP contribution is -2.33. The first kappa shape index (κ1) is 36.0. The molecule has 5 heterocycles. The minimum atomic E-state index is 0.239. The Morgan fingerprint density at radius 2 is 1.05 bits per heavy atom. The van der Waals surface area contributed by atoms with E-state index in [2.05, 4.69) is 114 Å². The molecule has 0 radical (unpaired) electrons. The van der Waals surface area contributed by atoms with Crippen LogP contribution in [0.2, 0.25) is 0 Å². The second-order valence-electron chi connectivity index (χ2n) is 17.7. The number of allylic oxidation sites excluding steroid dienone is 4. The van der Waals surface area contributed by atoms with Crippen LogP contribution in [-0.2, 0) is 38.5 Å². The van der Waals surface area contributed by atoms with E-state index in [9.17, 15) is 0 Å². The molecule has 8 bridgehead atoms. The van der Waals surface area contributed by atoms with Gasteiger partial charge in [0, 0.05) is 38.8 Å².